The molecule has 0 bridgehead atoms. The highest BCUT2D eigenvalue weighted by Gasteiger charge is 2.25. The van der Waals surface area contributed by atoms with E-state index in [-0.39, 0.29) is 18.0 Å². The van der Waals surface area contributed by atoms with Crippen LogP contribution < -0.4 is 20.1 Å². The molecule has 0 saturated carbocycles. The number of amides is 2. The largest absolute Gasteiger partial charge is 0.496 e. The van der Waals surface area contributed by atoms with Crippen LogP contribution in [0.25, 0.3) is 16.9 Å². The first-order valence-electron chi connectivity index (χ1n) is 12.0. The first kappa shape index (κ1) is 28.2. The van der Waals surface area contributed by atoms with E-state index in [4.69, 9.17) is 14.6 Å². The molecule has 3 aromatic rings. The van der Waals surface area contributed by atoms with Gasteiger partial charge in [0.15, 0.2) is 5.69 Å². The zero-order chi connectivity index (χ0) is 27.8. The third kappa shape index (κ3) is 7.09. The second-order valence-corrected chi connectivity index (χ2v) is 9.02. The van der Waals surface area contributed by atoms with Crippen LogP contribution in [0.4, 0.5) is 4.39 Å². The number of nitrogens with zero attached hydrogens (tertiary/aromatic N) is 2. The zero-order valence-electron chi connectivity index (χ0n) is 21.7. The van der Waals surface area contributed by atoms with Crippen LogP contribution in [0, 0.1) is 11.7 Å². The van der Waals surface area contributed by atoms with Gasteiger partial charge in [0.05, 0.1) is 31.2 Å². The second-order valence-electron chi connectivity index (χ2n) is 9.02. The van der Waals surface area contributed by atoms with E-state index in [1.54, 1.807) is 24.3 Å². The summed E-state index contributed by atoms with van der Waals surface area (Å²) >= 11 is 0. The van der Waals surface area contributed by atoms with Gasteiger partial charge in [-0.2, -0.15) is 5.10 Å². The van der Waals surface area contributed by atoms with Gasteiger partial charge in [0.1, 0.15) is 23.9 Å². The number of rotatable bonds is 12. The third-order valence-corrected chi connectivity index (χ3v) is 5.64. The number of carboxylic acid groups (broad SMARTS) is 1. The lowest BCUT2D eigenvalue weighted by Gasteiger charge is -2.19. The minimum atomic E-state index is -1.16. The Kier molecular flexibility index (Phi) is 9.42. The maximum absolute atomic E-state index is 14.1. The van der Waals surface area contributed by atoms with Gasteiger partial charge < -0.3 is 25.2 Å². The summed E-state index contributed by atoms with van der Waals surface area (Å²) in [5.74, 6) is -1.62. The van der Waals surface area contributed by atoms with Crippen LogP contribution in [0.1, 0.15) is 37.2 Å². The fourth-order valence-corrected chi connectivity index (χ4v) is 4.07. The van der Waals surface area contributed by atoms with Gasteiger partial charge in [0.25, 0.3) is 5.91 Å². The Morgan fingerprint density at radius 1 is 1.05 bits per heavy atom. The minimum Gasteiger partial charge on any atom is -0.496 e. The summed E-state index contributed by atoms with van der Waals surface area (Å²) in [7, 11) is 3.00. The fourth-order valence-electron chi connectivity index (χ4n) is 4.07. The molecule has 1 aromatic heterocycles. The van der Waals surface area contributed by atoms with Gasteiger partial charge in [-0.15, -0.1) is 0 Å². The fraction of sp³-hybridized carbons (Fsp3) is 0.333. The quantitative estimate of drug-likeness (QED) is 0.329. The molecule has 1 atom stereocenters. The maximum atomic E-state index is 14.1. The lowest BCUT2D eigenvalue weighted by Crippen LogP contribution is -2.41. The number of halogens is 1. The van der Waals surface area contributed by atoms with Crippen LogP contribution >= 0.6 is 0 Å². The maximum Gasteiger partial charge on any atom is 0.322 e. The average Bonchev–Trinajstić information content (AvgIpc) is 3.31. The number of ether oxygens (including phenoxy) is 2. The number of benzene rings is 2. The monoisotopic (exact) mass is 526 g/mol. The second kappa shape index (κ2) is 12.7. The average molecular weight is 527 g/mol. The SMILES string of the molecule is COc1cccc(OC)c1-c1cc(C(=O)NC(CC(=O)NCC(=O)O)CC(C)C)nn1-c1cccc(F)c1. The standard InChI is InChI=1S/C27H31FN4O6/c1-16(2)11-18(13-24(33)29-15-25(34)35)30-27(36)20-14-21(26-22(37-3)9-6-10-23(26)38-4)32(31-20)19-8-5-7-17(28)12-19/h5-10,12,14,16,18H,11,13,15H2,1-4H3,(H,29,33)(H,30,36)(H,34,35). The Bertz CT molecular complexity index is 1280. The van der Waals surface area contributed by atoms with E-state index in [9.17, 15) is 18.8 Å². The van der Waals surface area contributed by atoms with Crippen LogP contribution in [-0.2, 0) is 9.59 Å². The van der Waals surface area contributed by atoms with E-state index in [0.29, 0.717) is 34.9 Å². The molecule has 10 nitrogen and oxygen atoms in total. The Hall–Kier alpha value is -4.41. The zero-order valence-corrected chi connectivity index (χ0v) is 21.7. The van der Waals surface area contributed by atoms with Gasteiger partial charge >= 0.3 is 5.97 Å². The predicted molar refractivity (Wildman–Crippen MR) is 138 cm³/mol. The highest BCUT2D eigenvalue weighted by Crippen LogP contribution is 2.39. The van der Waals surface area contributed by atoms with Crippen LogP contribution in [0.3, 0.4) is 0 Å². The molecule has 2 amide bonds. The number of carbonyl (C=O) groups excluding carboxylic acids is 2. The molecule has 0 fully saturated rings. The number of hydrogen-bond donors (Lipinski definition) is 3. The molecule has 3 rings (SSSR count). The summed E-state index contributed by atoms with van der Waals surface area (Å²) in [5.41, 5.74) is 1.34. The molecule has 3 N–H and O–H groups in total. The normalized spacial score (nSPS) is 11.6. The molecule has 0 aliphatic carbocycles. The number of aliphatic carboxylic acids is 1. The van der Waals surface area contributed by atoms with Crippen LogP contribution in [-0.4, -0.2) is 59.5 Å². The summed E-state index contributed by atoms with van der Waals surface area (Å²) in [4.78, 5) is 36.4. The van der Waals surface area contributed by atoms with Crippen LogP contribution in [0.15, 0.2) is 48.5 Å². The lowest BCUT2D eigenvalue weighted by molar-refractivity contribution is -0.138. The molecule has 2 aromatic carbocycles. The molecule has 202 valence electrons. The summed E-state index contributed by atoms with van der Waals surface area (Å²) in [6.07, 6.45) is 0.374. The minimum absolute atomic E-state index is 0.0249. The Morgan fingerprint density at radius 3 is 2.29 bits per heavy atom. The van der Waals surface area contributed by atoms with Crippen molar-refractivity contribution in [2.24, 2.45) is 5.92 Å². The van der Waals surface area contributed by atoms with Crippen molar-refractivity contribution in [1.82, 2.24) is 20.4 Å². The highest BCUT2D eigenvalue weighted by atomic mass is 19.1. The van der Waals surface area contributed by atoms with Gasteiger partial charge in [0, 0.05) is 12.5 Å². The predicted octanol–water partition coefficient (Wildman–Crippen LogP) is 3.43. The summed E-state index contributed by atoms with van der Waals surface area (Å²) in [6.45, 7) is 3.38. The van der Waals surface area contributed by atoms with E-state index in [1.165, 1.54) is 43.2 Å². The molecular weight excluding hydrogens is 495 g/mol. The molecule has 0 radical (unpaired) electrons. The number of methoxy groups -OCH3 is 2. The topological polar surface area (TPSA) is 132 Å². The molecule has 38 heavy (non-hydrogen) atoms. The molecule has 11 heteroatoms. The van der Waals surface area contributed by atoms with Gasteiger partial charge in [-0.05, 0) is 48.7 Å². The molecule has 0 saturated heterocycles. The van der Waals surface area contributed by atoms with E-state index in [2.05, 4.69) is 15.7 Å². The van der Waals surface area contributed by atoms with Gasteiger partial charge in [0.2, 0.25) is 5.91 Å². The highest BCUT2D eigenvalue weighted by molar-refractivity contribution is 5.95. The molecule has 1 unspecified atom stereocenters. The summed E-state index contributed by atoms with van der Waals surface area (Å²) in [6, 6.07) is 12.0. The van der Waals surface area contributed by atoms with Crippen LogP contribution in [0.2, 0.25) is 0 Å². The number of carbonyl (C=O) groups is 3. The number of nitrogens with one attached hydrogen (secondary N) is 2. The molecule has 1 heterocycles. The molecular formula is C27H31FN4O6. The van der Waals surface area contributed by atoms with E-state index in [0.717, 1.165) is 0 Å². The van der Waals surface area contributed by atoms with Gasteiger partial charge in [-0.3, -0.25) is 14.4 Å². The first-order valence-corrected chi connectivity index (χ1v) is 12.0. The van der Waals surface area contributed by atoms with Crippen molar-refractivity contribution in [3.8, 4) is 28.4 Å². The van der Waals surface area contributed by atoms with Crippen molar-refractivity contribution in [2.45, 2.75) is 32.7 Å². The summed E-state index contributed by atoms with van der Waals surface area (Å²) < 4.78 is 26.6. The van der Waals surface area contributed by atoms with Crippen LogP contribution in [0.5, 0.6) is 11.5 Å². The lowest BCUT2D eigenvalue weighted by atomic mass is 10.0. The van der Waals surface area contributed by atoms with Gasteiger partial charge in [-0.1, -0.05) is 26.0 Å². The third-order valence-electron chi connectivity index (χ3n) is 5.64. The van der Waals surface area contributed by atoms with E-state index in [1.807, 2.05) is 13.8 Å². The Balaban J connectivity index is 2.02. The van der Waals surface area contributed by atoms with E-state index < -0.39 is 36.2 Å². The van der Waals surface area contributed by atoms with Crippen molar-refractivity contribution in [2.75, 3.05) is 20.8 Å². The molecule has 0 spiro atoms. The van der Waals surface area contributed by atoms with Crippen molar-refractivity contribution in [1.29, 1.82) is 0 Å². The molecule has 0 aliphatic heterocycles. The Labute approximate surface area is 219 Å². The van der Waals surface area contributed by atoms with Crippen molar-refractivity contribution in [3.05, 3.63) is 60.0 Å². The summed E-state index contributed by atoms with van der Waals surface area (Å²) in [5, 5.41) is 18.4. The molecule has 0 aliphatic rings. The number of hydrogen-bond acceptors (Lipinski definition) is 6. The number of carboxylic acids is 1. The Morgan fingerprint density at radius 2 is 1.71 bits per heavy atom. The van der Waals surface area contributed by atoms with Crippen molar-refractivity contribution in [3.63, 3.8) is 0 Å². The van der Waals surface area contributed by atoms with Crippen molar-refractivity contribution < 1.29 is 33.4 Å². The van der Waals surface area contributed by atoms with Gasteiger partial charge in [-0.25, -0.2) is 9.07 Å². The number of aromatic nitrogens is 2. The first-order chi connectivity index (χ1) is 18.1. The van der Waals surface area contributed by atoms with E-state index >= 15 is 0 Å². The smallest absolute Gasteiger partial charge is 0.322 e. The van der Waals surface area contributed by atoms with Crippen molar-refractivity contribution >= 4 is 17.8 Å².